The second-order valence-electron chi connectivity index (χ2n) is 4.51. The Hall–Kier alpha value is -1.55. The van der Waals surface area contributed by atoms with Crippen molar-refractivity contribution in [2.24, 2.45) is 0 Å². The van der Waals surface area contributed by atoms with Gasteiger partial charge in [-0.05, 0) is 25.2 Å². The molecule has 0 saturated carbocycles. The summed E-state index contributed by atoms with van der Waals surface area (Å²) in [6.45, 7) is 7.24. The molecule has 0 amide bonds. The number of nitrogens with one attached hydrogen (secondary N) is 2. The number of benzene rings is 1. The van der Waals surface area contributed by atoms with E-state index >= 15 is 0 Å². The van der Waals surface area contributed by atoms with Crippen molar-refractivity contribution in [1.29, 1.82) is 0 Å². The summed E-state index contributed by atoms with van der Waals surface area (Å²) in [7, 11) is 0. The number of thiocarbonyl (C=S) groups is 1. The molecule has 1 aromatic rings. The molecule has 1 heterocycles. The topological polar surface area (TPSA) is 33.3 Å². The fourth-order valence-corrected chi connectivity index (χ4v) is 2.15. The van der Waals surface area contributed by atoms with Crippen LogP contribution in [0, 0.1) is 0 Å². The quantitative estimate of drug-likeness (QED) is 0.648. The van der Waals surface area contributed by atoms with E-state index in [-0.39, 0.29) is 6.04 Å². The minimum absolute atomic E-state index is 0.222. The molecule has 2 rings (SSSR count). The van der Waals surface area contributed by atoms with Gasteiger partial charge in [0.25, 0.3) is 0 Å². The number of hydrogen-bond donors (Lipinski definition) is 2. The molecule has 2 N–H and O–H groups in total. The van der Waals surface area contributed by atoms with E-state index in [1.165, 1.54) is 5.56 Å². The van der Waals surface area contributed by atoms with Gasteiger partial charge < -0.3 is 15.4 Å². The zero-order valence-electron chi connectivity index (χ0n) is 10.5. The van der Waals surface area contributed by atoms with Crippen molar-refractivity contribution in [2.75, 3.05) is 13.2 Å². The van der Waals surface area contributed by atoms with Crippen molar-refractivity contribution in [3.63, 3.8) is 0 Å². The van der Waals surface area contributed by atoms with Crippen molar-refractivity contribution in [1.82, 2.24) is 10.6 Å². The first kappa shape index (κ1) is 12.9. The largest absolute Gasteiger partial charge is 0.493 e. The number of fused-ring (bicyclic) bond motifs is 1. The van der Waals surface area contributed by atoms with Crippen LogP contribution in [0.1, 0.15) is 24.9 Å². The van der Waals surface area contributed by atoms with Crippen LogP contribution in [0.2, 0.25) is 0 Å². The SMILES string of the molecule is C=C(C)CNC(=S)N[C@@H]1CCOc2ccccc21. The maximum atomic E-state index is 5.62. The predicted octanol–water partition coefficient (Wildman–Crippen LogP) is 2.55. The van der Waals surface area contributed by atoms with Crippen molar-refractivity contribution in [2.45, 2.75) is 19.4 Å². The van der Waals surface area contributed by atoms with E-state index in [1.807, 2.05) is 25.1 Å². The van der Waals surface area contributed by atoms with Crippen LogP contribution in [0.4, 0.5) is 0 Å². The lowest BCUT2D eigenvalue weighted by Crippen LogP contribution is -2.39. The zero-order valence-corrected chi connectivity index (χ0v) is 11.3. The highest BCUT2D eigenvalue weighted by Gasteiger charge is 2.21. The molecule has 0 spiro atoms. The number of ether oxygens (including phenoxy) is 1. The minimum Gasteiger partial charge on any atom is -0.493 e. The van der Waals surface area contributed by atoms with Gasteiger partial charge in [0.15, 0.2) is 5.11 Å². The van der Waals surface area contributed by atoms with Gasteiger partial charge in [-0.2, -0.15) is 0 Å². The lowest BCUT2D eigenvalue weighted by molar-refractivity contribution is 0.262. The molecule has 0 bridgehead atoms. The van der Waals surface area contributed by atoms with Gasteiger partial charge >= 0.3 is 0 Å². The van der Waals surface area contributed by atoms with E-state index in [4.69, 9.17) is 17.0 Å². The Kier molecular flexibility index (Phi) is 4.20. The third kappa shape index (κ3) is 3.23. The standard InChI is InChI=1S/C14H18N2OS/c1-10(2)9-15-14(18)16-12-7-8-17-13-6-4-3-5-11(12)13/h3-6,12H,1,7-9H2,2H3,(H2,15,16,18)/t12-/m1/s1. The maximum Gasteiger partial charge on any atom is 0.167 e. The van der Waals surface area contributed by atoms with Gasteiger partial charge in [-0.3, -0.25) is 0 Å². The average Bonchev–Trinajstić information content (AvgIpc) is 2.37. The third-order valence-electron chi connectivity index (χ3n) is 2.81. The van der Waals surface area contributed by atoms with Crippen molar-refractivity contribution in [3.05, 3.63) is 42.0 Å². The van der Waals surface area contributed by atoms with Crippen LogP contribution in [0.15, 0.2) is 36.4 Å². The third-order valence-corrected chi connectivity index (χ3v) is 3.08. The molecule has 1 aliphatic rings. The van der Waals surface area contributed by atoms with E-state index in [9.17, 15) is 0 Å². The van der Waals surface area contributed by atoms with Gasteiger partial charge in [0.2, 0.25) is 0 Å². The molecule has 1 atom stereocenters. The number of hydrogen-bond acceptors (Lipinski definition) is 2. The van der Waals surface area contributed by atoms with Crippen molar-refractivity contribution >= 4 is 17.3 Å². The highest BCUT2D eigenvalue weighted by molar-refractivity contribution is 7.80. The molecule has 0 unspecified atom stereocenters. The molecule has 0 aliphatic carbocycles. The summed E-state index contributed by atoms with van der Waals surface area (Å²) >= 11 is 5.28. The van der Waals surface area contributed by atoms with Crippen LogP contribution in [-0.2, 0) is 0 Å². The summed E-state index contributed by atoms with van der Waals surface area (Å²) in [4.78, 5) is 0. The van der Waals surface area contributed by atoms with Crippen LogP contribution in [-0.4, -0.2) is 18.3 Å². The van der Waals surface area contributed by atoms with Crippen LogP contribution in [0.25, 0.3) is 0 Å². The Morgan fingerprint density at radius 3 is 3.06 bits per heavy atom. The molecular weight excluding hydrogens is 244 g/mol. The lowest BCUT2D eigenvalue weighted by atomic mass is 10.0. The Bertz CT molecular complexity index is 459. The summed E-state index contributed by atoms with van der Waals surface area (Å²) in [5, 5.41) is 7.14. The highest BCUT2D eigenvalue weighted by atomic mass is 32.1. The van der Waals surface area contributed by atoms with E-state index in [1.54, 1.807) is 0 Å². The molecule has 1 aliphatic heterocycles. The van der Waals surface area contributed by atoms with E-state index in [0.29, 0.717) is 11.7 Å². The molecule has 4 heteroatoms. The molecule has 18 heavy (non-hydrogen) atoms. The molecule has 3 nitrogen and oxygen atoms in total. The Labute approximate surface area is 113 Å². The van der Waals surface area contributed by atoms with Gasteiger partial charge in [0.05, 0.1) is 12.6 Å². The first-order valence-electron chi connectivity index (χ1n) is 6.07. The number of rotatable bonds is 3. The number of para-hydroxylation sites is 1. The van der Waals surface area contributed by atoms with Crippen molar-refractivity contribution < 1.29 is 4.74 Å². The van der Waals surface area contributed by atoms with Gasteiger partial charge in [0, 0.05) is 18.5 Å². The lowest BCUT2D eigenvalue weighted by Gasteiger charge is -2.27. The molecule has 0 radical (unpaired) electrons. The summed E-state index contributed by atoms with van der Waals surface area (Å²) < 4.78 is 5.62. The smallest absolute Gasteiger partial charge is 0.167 e. The van der Waals surface area contributed by atoms with E-state index < -0.39 is 0 Å². The molecule has 1 aromatic carbocycles. The van der Waals surface area contributed by atoms with E-state index in [0.717, 1.165) is 24.4 Å². The van der Waals surface area contributed by atoms with Crippen molar-refractivity contribution in [3.8, 4) is 5.75 Å². The second-order valence-corrected chi connectivity index (χ2v) is 4.92. The molecular formula is C14H18N2OS. The zero-order chi connectivity index (χ0) is 13.0. The van der Waals surface area contributed by atoms with Crippen LogP contribution in [0.5, 0.6) is 5.75 Å². The first-order chi connectivity index (χ1) is 8.66. The fourth-order valence-electron chi connectivity index (χ4n) is 1.93. The highest BCUT2D eigenvalue weighted by Crippen LogP contribution is 2.31. The Morgan fingerprint density at radius 1 is 1.50 bits per heavy atom. The summed E-state index contributed by atoms with van der Waals surface area (Å²) in [5.41, 5.74) is 2.23. The monoisotopic (exact) mass is 262 g/mol. The van der Waals surface area contributed by atoms with Crippen LogP contribution < -0.4 is 15.4 Å². The van der Waals surface area contributed by atoms with Gasteiger partial charge in [-0.1, -0.05) is 30.4 Å². The summed E-state index contributed by atoms with van der Waals surface area (Å²) in [6, 6.07) is 8.30. The normalized spacial score (nSPS) is 17.3. The average molecular weight is 262 g/mol. The van der Waals surface area contributed by atoms with Gasteiger partial charge in [-0.15, -0.1) is 0 Å². The molecule has 0 saturated heterocycles. The summed E-state index contributed by atoms with van der Waals surface area (Å²) in [6.07, 6.45) is 0.923. The van der Waals surface area contributed by atoms with Gasteiger partial charge in [0.1, 0.15) is 5.75 Å². The predicted molar refractivity (Wildman–Crippen MR) is 77.8 cm³/mol. The van der Waals surface area contributed by atoms with Crippen LogP contribution >= 0.6 is 12.2 Å². The molecule has 0 fully saturated rings. The fraction of sp³-hybridized carbons (Fsp3) is 0.357. The Morgan fingerprint density at radius 2 is 2.28 bits per heavy atom. The maximum absolute atomic E-state index is 5.62. The molecule has 0 aromatic heterocycles. The Balaban J connectivity index is 1.98. The first-order valence-corrected chi connectivity index (χ1v) is 6.48. The van der Waals surface area contributed by atoms with Gasteiger partial charge in [-0.25, -0.2) is 0 Å². The second kappa shape index (κ2) is 5.87. The minimum atomic E-state index is 0.222. The van der Waals surface area contributed by atoms with E-state index in [2.05, 4.69) is 23.3 Å². The molecule has 96 valence electrons. The summed E-state index contributed by atoms with van der Waals surface area (Å²) in [5.74, 6) is 0.948. The van der Waals surface area contributed by atoms with Crippen LogP contribution in [0.3, 0.4) is 0 Å².